The Balaban J connectivity index is 2.83. The molecule has 21 heavy (non-hydrogen) atoms. The molecule has 0 spiro atoms. The summed E-state index contributed by atoms with van der Waals surface area (Å²) in [6.07, 6.45) is 9.05. The molecule has 1 aliphatic rings. The summed E-state index contributed by atoms with van der Waals surface area (Å²) in [7, 11) is 0. The van der Waals surface area contributed by atoms with Crippen LogP contribution in [-0.2, 0) is 9.53 Å². The Bertz CT molecular complexity index is 361. The molecule has 0 saturated carbocycles. The molecule has 0 bridgehead atoms. The molecule has 1 heterocycles. The number of allylic oxidation sites excluding steroid dienone is 1. The molecule has 0 radical (unpaired) electrons. The number of unbranched alkanes of at least 4 members (excludes halogenated alkanes) is 1. The van der Waals surface area contributed by atoms with Gasteiger partial charge >= 0.3 is 5.97 Å². The Kier molecular flexibility index (Phi) is 7.44. The van der Waals surface area contributed by atoms with E-state index >= 15 is 0 Å². The Hall–Kier alpha value is -0.830. The van der Waals surface area contributed by atoms with Gasteiger partial charge in [0.2, 0.25) is 0 Å². The summed E-state index contributed by atoms with van der Waals surface area (Å²) < 4.78 is 5.47. The van der Waals surface area contributed by atoms with Crippen LogP contribution in [0.3, 0.4) is 0 Å². The van der Waals surface area contributed by atoms with Crippen molar-refractivity contribution in [3.8, 4) is 0 Å². The predicted molar refractivity (Wildman–Crippen MR) is 86.0 cm³/mol. The van der Waals surface area contributed by atoms with Crippen molar-refractivity contribution in [1.29, 1.82) is 0 Å². The highest BCUT2D eigenvalue weighted by atomic mass is 16.6. The lowest BCUT2D eigenvalue weighted by Gasteiger charge is -2.28. The van der Waals surface area contributed by atoms with E-state index in [1.54, 1.807) is 0 Å². The largest absolute Gasteiger partial charge is 0.452 e. The lowest BCUT2D eigenvalue weighted by atomic mass is 9.85. The van der Waals surface area contributed by atoms with E-state index in [0.29, 0.717) is 12.3 Å². The van der Waals surface area contributed by atoms with E-state index < -0.39 is 11.7 Å². The Morgan fingerprint density at radius 3 is 2.57 bits per heavy atom. The topological polar surface area (TPSA) is 46.5 Å². The van der Waals surface area contributed by atoms with Gasteiger partial charge in [-0.1, -0.05) is 59.0 Å². The third kappa shape index (κ3) is 4.84. The fraction of sp³-hybridized carbons (Fsp3) is 0.833. The van der Waals surface area contributed by atoms with Crippen molar-refractivity contribution in [3.63, 3.8) is 0 Å². The zero-order valence-electron chi connectivity index (χ0n) is 14.2. The van der Waals surface area contributed by atoms with E-state index in [4.69, 9.17) is 4.74 Å². The van der Waals surface area contributed by atoms with Gasteiger partial charge < -0.3 is 9.84 Å². The monoisotopic (exact) mass is 296 g/mol. The maximum atomic E-state index is 11.5. The Labute approximate surface area is 129 Å². The highest BCUT2D eigenvalue weighted by Gasteiger charge is 2.45. The van der Waals surface area contributed by atoms with Crippen LogP contribution in [0.15, 0.2) is 11.6 Å². The molecule has 3 heteroatoms. The standard InChI is InChI=1S/C18H32O3/c1-5-9-10-14(6-2)11-15(7-3)13-18(8-4)16(19)12-17(20)21-18/h13-14,16,19H,5-12H2,1-4H3/b15-13+/t14-,16+,18-/m1/s1. The number of rotatable bonds is 9. The molecule has 3 nitrogen and oxygen atoms in total. The van der Waals surface area contributed by atoms with Crippen molar-refractivity contribution in [2.24, 2.45) is 5.92 Å². The van der Waals surface area contributed by atoms with Crippen molar-refractivity contribution in [2.45, 2.75) is 90.8 Å². The molecule has 0 amide bonds. The Morgan fingerprint density at radius 2 is 2.14 bits per heavy atom. The summed E-state index contributed by atoms with van der Waals surface area (Å²) in [4.78, 5) is 11.5. The lowest BCUT2D eigenvalue weighted by molar-refractivity contribution is -0.146. The van der Waals surface area contributed by atoms with E-state index in [1.165, 1.54) is 31.3 Å². The number of cyclic esters (lactones) is 1. The highest BCUT2D eigenvalue weighted by molar-refractivity contribution is 5.74. The first-order chi connectivity index (χ1) is 10.0. The van der Waals surface area contributed by atoms with Gasteiger partial charge in [-0.25, -0.2) is 0 Å². The average Bonchev–Trinajstić information content (AvgIpc) is 2.76. The Morgan fingerprint density at radius 1 is 1.43 bits per heavy atom. The van der Waals surface area contributed by atoms with E-state index in [2.05, 4.69) is 26.8 Å². The second-order valence-corrected chi connectivity index (χ2v) is 6.28. The summed E-state index contributed by atoms with van der Waals surface area (Å²) in [6.45, 7) is 8.59. The van der Waals surface area contributed by atoms with Gasteiger partial charge in [-0.05, 0) is 31.3 Å². The summed E-state index contributed by atoms with van der Waals surface area (Å²) >= 11 is 0. The van der Waals surface area contributed by atoms with Gasteiger partial charge in [0.1, 0.15) is 6.10 Å². The summed E-state index contributed by atoms with van der Waals surface area (Å²) in [5.41, 5.74) is 0.527. The summed E-state index contributed by atoms with van der Waals surface area (Å²) in [6, 6.07) is 0. The van der Waals surface area contributed by atoms with Crippen molar-refractivity contribution >= 4 is 5.97 Å². The van der Waals surface area contributed by atoms with Gasteiger partial charge in [-0.3, -0.25) is 4.79 Å². The number of aliphatic hydroxyl groups excluding tert-OH is 1. The molecule has 1 aliphatic heterocycles. The first-order valence-electron chi connectivity index (χ1n) is 8.61. The summed E-state index contributed by atoms with van der Waals surface area (Å²) in [5.74, 6) is 0.411. The van der Waals surface area contributed by atoms with Gasteiger partial charge in [-0.2, -0.15) is 0 Å². The number of hydrogen-bond donors (Lipinski definition) is 1. The van der Waals surface area contributed by atoms with E-state index in [9.17, 15) is 9.90 Å². The van der Waals surface area contributed by atoms with E-state index in [-0.39, 0.29) is 12.4 Å². The second-order valence-electron chi connectivity index (χ2n) is 6.28. The van der Waals surface area contributed by atoms with Crippen LogP contribution in [0, 0.1) is 5.92 Å². The van der Waals surface area contributed by atoms with Crippen LogP contribution in [0.1, 0.15) is 79.1 Å². The molecule has 122 valence electrons. The minimum atomic E-state index is -0.786. The number of esters is 1. The maximum Gasteiger partial charge on any atom is 0.309 e. The van der Waals surface area contributed by atoms with Crippen LogP contribution in [0.4, 0.5) is 0 Å². The van der Waals surface area contributed by atoms with Crippen LogP contribution in [-0.4, -0.2) is 22.8 Å². The van der Waals surface area contributed by atoms with Gasteiger partial charge in [0.15, 0.2) is 5.60 Å². The van der Waals surface area contributed by atoms with Crippen LogP contribution >= 0.6 is 0 Å². The lowest BCUT2D eigenvalue weighted by Crippen LogP contribution is -2.37. The molecule has 3 atom stereocenters. The van der Waals surface area contributed by atoms with Crippen LogP contribution in [0.5, 0.6) is 0 Å². The number of hydrogen-bond acceptors (Lipinski definition) is 3. The number of carbonyl (C=O) groups excluding carboxylic acids is 1. The average molecular weight is 296 g/mol. The quantitative estimate of drug-likeness (QED) is 0.507. The van der Waals surface area contributed by atoms with Crippen LogP contribution in [0.25, 0.3) is 0 Å². The van der Waals surface area contributed by atoms with E-state index in [0.717, 1.165) is 12.8 Å². The maximum absolute atomic E-state index is 11.5. The minimum Gasteiger partial charge on any atom is -0.452 e. The molecule has 1 saturated heterocycles. The number of aliphatic hydroxyl groups is 1. The predicted octanol–water partition coefficient (Wildman–Crippen LogP) is 4.39. The van der Waals surface area contributed by atoms with E-state index in [1.807, 2.05) is 6.92 Å². The molecule has 0 aromatic carbocycles. The molecule has 0 aliphatic carbocycles. The smallest absolute Gasteiger partial charge is 0.309 e. The van der Waals surface area contributed by atoms with Crippen LogP contribution < -0.4 is 0 Å². The molecular formula is C18H32O3. The van der Waals surface area contributed by atoms with Crippen molar-refractivity contribution in [2.75, 3.05) is 0 Å². The highest BCUT2D eigenvalue weighted by Crippen LogP contribution is 2.35. The molecule has 1 rings (SSSR count). The fourth-order valence-corrected chi connectivity index (χ4v) is 3.15. The molecule has 0 unspecified atom stereocenters. The zero-order chi connectivity index (χ0) is 15.9. The third-order valence-corrected chi connectivity index (χ3v) is 4.78. The van der Waals surface area contributed by atoms with Gasteiger partial charge in [0, 0.05) is 0 Å². The third-order valence-electron chi connectivity index (χ3n) is 4.78. The minimum absolute atomic E-state index is 0.119. The second kappa shape index (κ2) is 8.57. The van der Waals surface area contributed by atoms with Gasteiger partial charge in [0.25, 0.3) is 0 Å². The van der Waals surface area contributed by atoms with Gasteiger partial charge in [0.05, 0.1) is 6.42 Å². The number of ether oxygens (including phenoxy) is 1. The SMILES string of the molecule is CCCC[C@@H](CC)C/C(=C/[C@@]1(CC)OC(=O)C[C@@H]1O)CC. The van der Waals surface area contributed by atoms with Crippen molar-refractivity contribution in [3.05, 3.63) is 11.6 Å². The van der Waals surface area contributed by atoms with Crippen molar-refractivity contribution < 1.29 is 14.6 Å². The molecule has 0 aromatic rings. The number of carbonyl (C=O) groups is 1. The molecule has 0 aromatic heterocycles. The summed E-state index contributed by atoms with van der Waals surface area (Å²) in [5, 5.41) is 10.2. The van der Waals surface area contributed by atoms with Crippen LogP contribution in [0.2, 0.25) is 0 Å². The normalized spacial score (nSPS) is 27.8. The first kappa shape index (κ1) is 18.2. The first-order valence-corrected chi connectivity index (χ1v) is 8.61. The molecule has 1 fully saturated rings. The zero-order valence-corrected chi connectivity index (χ0v) is 14.2. The fourth-order valence-electron chi connectivity index (χ4n) is 3.15. The van der Waals surface area contributed by atoms with Crippen molar-refractivity contribution in [1.82, 2.24) is 0 Å². The molecule has 1 N–H and O–H groups in total. The molecular weight excluding hydrogens is 264 g/mol. The van der Waals surface area contributed by atoms with Gasteiger partial charge in [-0.15, -0.1) is 0 Å².